The van der Waals surface area contributed by atoms with Crippen molar-refractivity contribution in [1.29, 1.82) is 0 Å². The molecule has 7 nitrogen and oxygen atoms in total. The number of hydrogen-bond donors (Lipinski definition) is 3. The van der Waals surface area contributed by atoms with Gasteiger partial charge in [-0.2, -0.15) is 5.10 Å². The number of aromatic hydroxyl groups is 1. The summed E-state index contributed by atoms with van der Waals surface area (Å²) in [4.78, 5) is 16.7. The molecule has 0 atom stereocenters. The van der Waals surface area contributed by atoms with E-state index in [0.29, 0.717) is 23.4 Å². The molecule has 0 saturated heterocycles. The number of carbonyl (C=O) groups is 1. The van der Waals surface area contributed by atoms with Crippen molar-refractivity contribution in [1.82, 2.24) is 24.9 Å². The Bertz CT molecular complexity index is 1020. The van der Waals surface area contributed by atoms with Crippen LogP contribution in [0.25, 0.3) is 16.6 Å². The average molecular weight is 307 g/mol. The molecule has 0 saturated carbocycles. The van der Waals surface area contributed by atoms with Crippen LogP contribution in [-0.4, -0.2) is 30.6 Å². The highest BCUT2D eigenvalue weighted by Crippen LogP contribution is 2.16. The Labute approximate surface area is 130 Å². The van der Waals surface area contributed by atoms with Crippen molar-refractivity contribution in [2.45, 2.75) is 6.54 Å². The predicted octanol–water partition coefficient (Wildman–Crippen LogP) is 1.85. The van der Waals surface area contributed by atoms with Crippen LogP contribution in [0.4, 0.5) is 0 Å². The minimum absolute atomic E-state index is 0.158. The number of pyridine rings is 1. The molecule has 4 aromatic rings. The van der Waals surface area contributed by atoms with Crippen LogP contribution >= 0.6 is 0 Å². The molecule has 0 spiro atoms. The second kappa shape index (κ2) is 5.13. The summed E-state index contributed by atoms with van der Waals surface area (Å²) in [5.41, 5.74) is 2.73. The van der Waals surface area contributed by atoms with Crippen LogP contribution in [0.15, 0.2) is 48.9 Å². The summed E-state index contributed by atoms with van der Waals surface area (Å²) in [6, 6.07) is 8.58. The van der Waals surface area contributed by atoms with E-state index in [1.807, 2.05) is 18.3 Å². The van der Waals surface area contributed by atoms with E-state index in [0.717, 1.165) is 10.9 Å². The molecule has 3 N–H and O–H groups in total. The summed E-state index contributed by atoms with van der Waals surface area (Å²) in [7, 11) is 0. The van der Waals surface area contributed by atoms with Gasteiger partial charge in [0.2, 0.25) is 0 Å². The van der Waals surface area contributed by atoms with Gasteiger partial charge < -0.3 is 14.8 Å². The van der Waals surface area contributed by atoms with Gasteiger partial charge in [-0.3, -0.25) is 9.89 Å². The van der Waals surface area contributed by atoms with Gasteiger partial charge >= 0.3 is 0 Å². The van der Waals surface area contributed by atoms with Crippen molar-refractivity contribution in [2.24, 2.45) is 0 Å². The number of rotatable bonds is 3. The van der Waals surface area contributed by atoms with Gasteiger partial charge in [-0.1, -0.05) is 6.07 Å². The van der Waals surface area contributed by atoms with Crippen LogP contribution in [0.5, 0.6) is 5.75 Å². The van der Waals surface area contributed by atoms with E-state index in [1.165, 1.54) is 0 Å². The quantitative estimate of drug-likeness (QED) is 0.538. The first kappa shape index (κ1) is 13.3. The first-order valence-corrected chi connectivity index (χ1v) is 7.07. The van der Waals surface area contributed by atoms with Gasteiger partial charge in [0.1, 0.15) is 11.4 Å². The number of nitrogens with zero attached hydrogens (tertiary/aromatic N) is 3. The molecular formula is C16H13N5O2. The van der Waals surface area contributed by atoms with Gasteiger partial charge in [-0.15, -0.1) is 0 Å². The van der Waals surface area contributed by atoms with Crippen LogP contribution in [0.1, 0.15) is 16.1 Å². The fourth-order valence-electron chi connectivity index (χ4n) is 2.54. The smallest absolute Gasteiger partial charge is 0.252 e. The van der Waals surface area contributed by atoms with Crippen LogP contribution in [-0.2, 0) is 6.54 Å². The van der Waals surface area contributed by atoms with Crippen LogP contribution in [0, 0.1) is 0 Å². The van der Waals surface area contributed by atoms with E-state index in [4.69, 9.17) is 0 Å². The van der Waals surface area contributed by atoms with Crippen molar-refractivity contribution >= 4 is 22.5 Å². The van der Waals surface area contributed by atoms with Gasteiger partial charge in [-0.05, 0) is 18.2 Å². The standard InChI is InChI=1S/C16H13N5O2/c22-11-4-5-21-9-10(19-15(21)6-11)7-17-16(23)12-2-1-3-14-13(12)8-18-20-14/h1-6,8-9,22H,7H2,(H,17,23)(H,18,20). The predicted molar refractivity (Wildman–Crippen MR) is 84.1 cm³/mol. The summed E-state index contributed by atoms with van der Waals surface area (Å²) in [5, 5.41) is 19.9. The number of amides is 1. The molecule has 0 aliphatic heterocycles. The lowest BCUT2D eigenvalue weighted by Crippen LogP contribution is -2.23. The second-order valence-corrected chi connectivity index (χ2v) is 5.20. The van der Waals surface area contributed by atoms with Crippen molar-refractivity contribution in [2.75, 3.05) is 0 Å². The molecule has 0 unspecified atom stereocenters. The number of H-pyrrole nitrogens is 1. The minimum Gasteiger partial charge on any atom is -0.508 e. The number of carbonyl (C=O) groups excluding carboxylic acids is 1. The normalized spacial score (nSPS) is 11.1. The molecule has 7 heteroatoms. The highest BCUT2D eigenvalue weighted by Gasteiger charge is 2.11. The topological polar surface area (TPSA) is 95.3 Å². The molecule has 0 aliphatic carbocycles. The largest absolute Gasteiger partial charge is 0.508 e. The number of aromatic nitrogens is 4. The summed E-state index contributed by atoms with van der Waals surface area (Å²) in [6.45, 7) is 0.301. The Morgan fingerprint density at radius 2 is 2.26 bits per heavy atom. The van der Waals surface area contributed by atoms with Crippen molar-refractivity contribution in [3.63, 3.8) is 0 Å². The Balaban J connectivity index is 1.55. The fourth-order valence-corrected chi connectivity index (χ4v) is 2.54. The van der Waals surface area contributed by atoms with E-state index in [2.05, 4.69) is 20.5 Å². The average Bonchev–Trinajstić information content (AvgIpc) is 3.17. The molecule has 1 amide bonds. The van der Waals surface area contributed by atoms with Gasteiger partial charge in [0, 0.05) is 23.8 Å². The molecule has 0 aliphatic rings. The molecule has 3 heterocycles. The summed E-state index contributed by atoms with van der Waals surface area (Å²) in [5.74, 6) is -0.0257. The van der Waals surface area contributed by atoms with Crippen LogP contribution < -0.4 is 5.32 Å². The van der Waals surface area contributed by atoms with Gasteiger partial charge in [0.25, 0.3) is 5.91 Å². The van der Waals surface area contributed by atoms with E-state index >= 15 is 0 Å². The first-order valence-electron chi connectivity index (χ1n) is 7.07. The molecule has 4 rings (SSSR count). The van der Waals surface area contributed by atoms with E-state index in [-0.39, 0.29) is 11.7 Å². The molecule has 0 radical (unpaired) electrons. The fraction of sp³-hybridized carbons (Fsp3) is 0.0625. The van der Waals surface area contributed by atoms with Gasteiger partial charge in [0.05, 0.1) is 29.5 Å². The Morgan fingerprint density at radius 1 is 1.35 bits per heavy atom. The Hall–Kier alpha value is -3.35. The third-order valence-corrected chi connectivity index (χ3v) is 3.65. The second-order valence-electron chi connectivity index (χ2n) is 5.20. The maximum atomic E-state index is 12.4. The molecular weight excluding hydrogens is 294 g/mol. The zero-order valence-electron chi connectivity index (χ0n) is 12.0. The molecule has 0 bridgehead atoms. The number of benzene rings is 1. The zero-order valence-corrected chi connectivity index (χ0v) is 12.0. The lowest BCUT2D eigenvalue weighted by Gasteiger charge is -2.04. The third kappa shape index (κ3) is 2.38. The minimum atomic E-state index is -0.183. The van der Waals surface area contributed by atoms with Crippen molar-refractivity contribution in [3.05, 3.63) is 60.2 Å². The molecule has 3 aromatic heterocycles. The number of imidazole rings is 1. The highest BCUT2D eigenvalue weighted by atomic mass is 16.3. The van der Waals surface area contributed by atoms with Crippen molar-refractivity contribution < 1.29 is 9.90 Å². The lowest BCUT2D eigenvalue weighted by molar-refractivity contribution is 0.0952. The number of hydrogen-bond acceptors (Lipinski definition) is 4. The van der Waals surface area contributed by atoms with E-state index in [9.17, 15) is 9.90 Å². The number of nitrogens with one attached hydrogen (secondary N) is 2. The van der Waals surface area contributed by atoms with Crippen LogP contribution in [0.2, 0.25) is 0 Å². The summed E-state index contributed by atoms with van der Waals surface area (Å²) < 4.78 is 1.79. The molecule has 0 fully saturated rings. The maximum absolute atomic E-state index is 12.4. The monoisotopic (exact) mass is 307 g/mol. The SMILES string of the molecule is O=C(NCc1cn2ccc(O)cc2n1)c1cccc2[nH]ncc12. The maximum Gasteiger partial charge on any atom is 0.252 e. The van der Waals surface area contributed by atoms with Gasteiger partial charge in [0.15, 0.2) is 0 Å². The third-order valence-electron chi connectivity index (χ3n) is 3.65. The van der Waals surface area contributed by atoms with Crippen molar-refractivity contribution in [3.8, 4) is 5.75 Å². The summed E-state index contributed by atoms with van der Waals surface area (Å²) in [6.07, 6.45) is 5.17. The van der Waals surface area contributed by atoms with E-state index in [1.54, 1.807) is 35.0 Å². The zero-order chi connectivity index (χ0) is 15.8. The van der Waals surface area contributed by atoms with Crippen LogP contribution in [0.3, 0.4) is 0 Å². The first-order chi connectivity index (χ1) is 11.2. The molecule has 1 aromatic carbocycles. The van der Waals surface area contributed by atoms with Gasteiger partial charge in [-0.25, -0.2) is 4.98 Å². The lowest BCUT2D eigenvalue weighted by atomic mass is 10.1. The summed E-state index contributed by atoms with van der Waals surface area (Å²) >= 11 is 0. The van der Waals surface area contributed by atoms with E-state index < -0.39 is 0 Å². The Morgan fingerprint density at radius 3 is 3.17 bits per heavy atom. The molecule has 23 heavy (non-hydrogen) atoms. The Kier molecular flexibility index (Phi) is 2.97. The molecule has 114 valence electrons. The highest BCUT2D eigenvalue weighted by molar-refractivity contribution is 6.05. The number of fused-ring (bicyclic) bond motifs is 2. The number of aromatic amines is 1.